The van der Waals surface area contributed by atoms with Crippen molar-refractivity contribution in [3.05, 3.63) is 23.3 Å². The molecule has 1 aromatic rings. The number of nitrogens with two attached hydrogens (primary N) is 1. The van der Waals surface area contributed by atoms with E-state index in [1.54, 1.807) is 34.1 Å². The van der Waals surface area contributed by atoms with Crippen LogP contribution in [-0.4, -0.2) is 20.8 Å². The molecule has 1 aromatic carbocycles. The summed E-state index contributed by atoms with van der Waals surface area (Å²) in [5.74, 6) is 1.27. The Hall–Kier alpha value is -1.29. The van der Waals surface area contributed by atoms with Crippen molar-refractivity contribution >= 4 is 0 Å². The molecular formula is C18H28FNO2. The first-order chi connectivity index (χ1) is 10.4. The fourth-order valence-corrected chi connectivity index (χ4v) is 3.59. The first kappa shape index (κ1) is 17.1. The van der Waals surface area contributed by atoms with E-state index in [1.807, 2.05) is 6.07 Å². The lowest BCUT2D eigenvalue weighted by Crippen LogP contribution is -2.37. The van der Waals surface area contributed by atoms with Gasteiger partial charge in [0.25, 0.3) is 0 Å². The zero-order valence-electron chi connectivity index (χ0n) is 14.2. The predicted octanol–water partition coefficient (Wildman–Crippen LogP) is 4.07. The Kier molecular flexibility index (Phi) is 5.00. The van der Waals surface area contributed by atoms with Crippen LogP contribution in [0.4, 0.5) is 4.39 Å². The molecule has 4 heteroatoms. The molecule has 0 amide bonds. The second kappa shape index (κ2) is 6.45. The van der Waals surface area contributed by atoms with Gasteiger partial charge in [-0.3, -0.25) is 0 Å². The molecule has 0 heterocycles. The van der Waals surface area contributed by atoms with E-state index < -0.39 is 5.67 Å². The number of rotatable bonds is 5. The molecule has 0 atom stereocenters. The molecule has 1 fully saturated rings. The van der Waals surface area contributed by atoms with E-state index in [1.165, 1.54) is 6.42 Å². The number of methoxy groups -OCH3 is 2. The first-order valence-electron chi connectivity index (χ1n) is 8.04. The molecule has 1 saturated carbocycles. The summed E-state index contributed by atoms with van der Waals surface area (Å²) in [4.78, 5) is 0. The van der Waals surface area contributed by atoms with Gasteiger partial charge in [0.1, 0.15) is 17.2 Å². The van der Waals surface area contributed by atoms with Gasteiger partial charge in [0.05, 0.1) is 14.2 Å². The van der Waals surface area contributed by atoms with Crippen molar-refractivity contribution in [3.8, 4) is 11.5 Å². The molecule has 0 aliphatic heterocycles. The normalized spacial score (nSPS) is 18.1. The molecule has 3 nitrogen and oxygen atoms in total. The third kappa shape index (κ3) is 3.07. The Morgan fingerprint density at radius 3 is 2.14 bits per heavy atom. The fourth-order valence-electron chi connectivity index (χ4n) is 3.59. The maximum absolute atomic E-state index is 14.6. The molecule has 0 aromatic heterocycles. The van der Waals surface area contributed by atoms with Crippen molar-refractivity contribution in [2.24, 2.45) is 5.73 Å². The summed E-state index contributed by atoms with van der Waals surface area (Å²) in [5.41, 5.74) is 6.14. The maximum atomic E-state index is 14.6. The average Bonchev–Trinajstić information content (AvgIpc) is 2.53. The Labute approximate surface area is 133 Å². The molecule has 0 bridgehead atoms. The molecule has 0 saturated heterocycles. The van der Waals surface area contributed by atoms with E-state index in [9.17, 15) is 4.39 Å². The molecular weight excluding hydrogens is 281 g/mol. The third-order valence-corrected chi connectivity index (χ3v) is 4.93. The van der Waals surface area contributed by atoms with Gasteiger partial charge in [0.15, 0.2) is 0 Å². The lowest BCUT2D eigenvalue weighted by atomic mass is 9.68. The van der Waals surface area contributed by atoms with Gasteiger partial charge in [-0.15, -0.1) is 0 Å². The lowest BCUT2D eigenvalue weighted by Gasteiger charge is -2.38. The number of benzene rings is 1. The zero-order chi connectivity index (χ0) is 16.4. The number of halogens is 1. The maximum Gasteiger partial charge on any atom is 0.134 e. The fraction of sp³-hybridized carbons (Fsp3) is 0.667. The van der Waals surface area contributed by atoms with Crippen molar-refractivity contribution in [1.29, 1.82) is 0 Å². The second-order valence-electron chi connectivity index (χ2n) is 6.77. The van der Waals surface area contributed by atoms with Crippen molar-refractivity contribution in [2.45, 2.75) is 57.0 Å². The van der Waals surface area contributed by atoms with Crippen LogP contribution in [0.15, 0.2) is 12.1 Å². The highest BCUT2D eigenvalue weighted by Gasteiger charge is 2.37. The van der Waals surface area contributed by atoms with Crippen LogP contribution in [0.1, 0.15) is 57.1 Å². The van der Waals surface area contributed by atoms with E-state index in [-0.39, 0.29) is 5.41 Å². The zero-order valence-corrected chi connectivity index (χ0v) is 14.2. The van der Waals surface area contributed by atoms with E-state index in [0.717, 1.165) is 37.0 Å². The second-order valence-corrected chi connectivity index (χ2v) is 6.77. The smallest absolute Gasteiger partial charge is 0.134 e. The van der Waals surface area contributed by atoms with E-state index in [4.69, 9.17) is 15.2 Å². The Morgan fingerprint density at radius 2 is 1.68 bits per heavy atom. The topological polar surface area (TPSA) is 44.5 Å². The predicted molar refractivity (Wildman–Crippen MR) is 87.5 cm³/mol. The number of ether oxygens (including phenoxy) is 2. The van der Waals surface area contributed by atoms with Crippen molar-refractivity contribution in [2.75, 3.05) is 20.8 Å². The van der Waals surface area contributed by atoms with Gasteiger partial charge >= 0.3 is 0 Å². The molecule has 2 rings (SSSR count). The summed E-state index contributed by atoms with van der Waals surface area (Å²) >= 11 is 0. The molecule has 1 aliphatic carbocycles. The van der Waals surface area contributed by atoms with Crippen LogP contribution in [0.25, 0.3) is 0 Å². The SMILES string of the molecule is COc1cc(OC)c(C2(CN)CCCCC2)cc1C(C)(C)F. The van der Waals surface area contributed by atoms with Crippen molar-refractivity contribution in [3.63, 3.8) is 0 Å². The summed E-state index contributed by atoms with van der Waals surface area (Å²) in [6, 6.07) is 3.72. The number of hydrogen-bond donors (Lipinski definition) is 1. The molecule has 22 heavy (non-hydrogen) atoms. The standard InChI is InChI=1S/C18H28FNO2/c1-17(2,19)13-10-14(16(22-4)11-15(13)21-3)18(12-20)8-6-5-7-9-18/h10-11H,5-9,12,20H2,1-4H3. The van der Waals surface area contributed by atoms with Crippen LogP contribution in [0, 0.1) is 0 Å². The minimum Gasteiger partial charge on any atom is -0.496 e. The Balaban J connectivity index is 2.62. The van der Waals surface area contributed by atoms with Gasteiger partial charge in [-0.2, -0.15) is 0 Å². The van der Waals surface area contributed by atoms with Crippen molar-refractivity contribution in [1.82, 2.24) is 0 Å². The van der Waals surface area contributed by atoms with Gasteiger partial charge in [-0.05, 0) is 32.8 Å². The molecule has 1 aliphatic rings. The van der Waals surface area contributed by atoms with Gasteiger partial charge in [0.2, 0.25) is 0 Å². The minimum atomic E-state index is -1.48. The largest absolute Gasteiger partial charge is 0.496 e. The van der Waals surface area contributed by atoms with Crippen LogP contribution in [-0.2, 0) is 11.1 Å². The van der Waals surface area contributed by atoms with Gasteiger partial charge in [-0.25, -0.2) is 4.39 Å². The lowest BCUT2D eigenvalue weighted by molar-refractivity contribution is 0.211. The van der Waals surface area contributed by atoms with Crippen LogP contribution < -0.4 is 15.2 Å². The monoisotopic (exact) mass is 309 g/mol. The van der Waals surface area contributed by atoms with Crippen LogP contribution in [0.2, 0.25) is 0 Å². The van der Waals surface area contributed by atoms with Crippen LogP contribution in [0.5, 0.6) is 11.5 Å². The summed E-state index contributed by atoms with van der Waals surface area (Å²) in [7, 11) is 3.20. The molecule has 0 spiro atoms. The van der Waals surface area contributed by atoms with Crippen molar-refractivity contribution < 1.29 is 13.9 Å². The van der Waals surface area contributed by atoms with Gasteiger partial charge in [0, 0.05) is 29.2 Å². The highest BCUT2D eigenvalue weighted by atomic mass is 19.1. The average molecular weight is 309 g/mol. The molecule has 2 N–H and O–H groups in total. The summed E-state index contributed by atoms with van der Waals surface area (Å²) < 4.78 is 25.6. The van der Waals surface area contributed by atoms with E-state index >= 15 is 0 Å². The van der Waals surface area contributed by atoms with E-state index in [0.29, 0.717) is 17.9 Å². The Bertz CT molecular complexity index is 517. The molecule has 0 unspecified atom stereocenters. The summed E-state index contributed by atoms with van der Waals surface area (Å²) in [6.07, 6.45) is 5.60. The van der Waals surface area contributed by atoms with Crippen LogP contribution >= 0.6 is 0 Å². The van der Waals surface area contributed by atoms with Crippen LogP contribution in [0.3, 0.4) is 0 Å². The van der Waals surface area contributed by atoms with Gasteiger partial charge < -0.3 is 15.2 Å². The van der Waals surface area contributed by atoms with E-state index in [2.05, 4.69) is 0 Å². The quantitative estimate of drug-likeness (QED) is 0.891. The summed E-state index contributed by atoms with van der Waals surface area (Å²) in [5, 5.41) is 0. The molecule has 124 valence electrons. The van der Waals surface area contributed by atoms with Gasteiger partial charge in [-0.1, -0.05) is 19.3 Å². The minimum absolute atomic E-state index is 0.115. The molecule has 0 radical (unpaired) electrons. The summed E-state index contributed by atoms with van der Waals surface area (Å²) in [6.45, 7) is 3.66. The Morgan fingerprint density at radius 1 is 1.09 bits per heavy atom. The highest BCUT2D eigenvalue weighted by molar-refractivity contribution is 5.52. The number of hydrogen-bond acceptors (Lipinski definition) is 3. The number of alkyl halides is 1. The highest BCUT2D eigenvalue weighted by Crippen LogP contribution is 2.46. The first-order valence-corrected chi connectivity index (χ1v) is 8.04. The third-order valence-electron chi connectivity index (χ3n) is 4.93.